The second-order valence-electron chi connectivity index (χ2n) is 3.87. The number of nitrogens with one attached hydrogen (secondary N) is 1. The van der Waals surface area contributed by atoms with Crippen molar-refractivity contribution >= 4 is 6.08 Å². The van der Waals surface area contributed by atoms with Crippen molar-refractivity contribution in [1.82, 2.24) is 5.32 Å². The van der Waals surface area contributed by atoms with Gasteiger partial charge in [-0.2, -0.15) is 0 Å². The van der Waals surface area contributed by atoms with E-state index in [1.807, 2.05) is 6.08 Å². The molecule has 0 saturated carbocycles. The lowest BCUT2D eigenvalue weighted by Gasteiger charge is -2.17. The zero-order valence-electron chi connectivity index (χ0n) is 8.87. The fraction of sp³-hybridized carbons (Fsp3) is 0.385. The van der Waals surface area contributed by atoms with Crippen LogP contribution in [0.15, 0.2) is 24.3 Å². The molecule has 0 spiro atoms. The first-order valence-corrected chi connectivity index (χ1v) is 5.50. The number of fused-ring (bicyclic) bond motifs is 1. The highest BCUT2D eigenvalue weighted by Crippen LogP contribution is 2.16. The average Bonchev–Trinajstić information content (AvgIpc) is 2.29. The number of rotatable bonds is 3. The fourth-order valence-corrected chi connectivity index (χ4v) is 1.90. The van der Waals surface area contributed by atoms with Crippen LogP contribution in [0.2, 0.25) is 0 Å². The van der Waals surface area contributed by atoms with Gasteiger partial charge in [-0.05, 0) is 36.1 Å². The summed E-state index contributed by atoms with van der Waals surface area (Å²) in [6.07, 6.45) is 5.95. The van der Waals surface area contributed by atoms with Crippen LogP contribution in [0.4, 0.5) is 0 Å². The summed E-state index contributed by atoms with van der Waals surface area (Å²) in [5.41, 5.74) is 4.10. The van der Waals surface area contributed by atoms with E-state index in [0.717, 1.165) is 25.9 Å². The Bertz CT molecular complexity index is 358. The van der Waals surface area contributed by atoms with Gasteiger partial charge in [-0.1, -0.05) is 30.4 Å². The Morgan fingerprint density at radius 1 is 1.33 bits per heavy atom. The third kappa shape index (κ3) is 2.67. The minimum absolute atomic E-state index is 0.225. The van der Waals surface area contributed by atoms with Crippen LogP contribution < -0.4 is 5.32 Å². The highest BCUT2D eigenvalue weighted by Gasteiger charge is 2.07. The average molecular weight is 203 g/mol. The second kappa shape index (κ2) is 5.10. The van der Waals surface area contributed by atoms with Gasteiger partial charge >= 0.3 is 0 Å². The fourth-order valence-electron chi connectivity index (χ4n) is 1.90. The van der Waals surface area contributed by atoms with E-state index in [1.165, 1.54) is 16.7 Å². The lowest BCUT2D eigenvalue weighted by Crippen LogP contribution is -2.23. The highest BCUT2D eigenvalue weighted by molar-refractivity contribution is 5.52. The molecule has 80 valence electrons. The van der Waals surface area contributed by atoms with Crippen LogP contribution in [0.1, 0.15) is 23.1 Å². The smallest absolute Gasteiger partial charge is 0.0465 e. The molecule has 0 amide bonds. The number of aliphatic hydroxyl groups excluding tert-OH is 1. The van der Waals surface area contributed by atoms with Gasteiger partial charge in [0, 0.05) is 13.2 Å². The molecule has 1 aliphatic rings. The van der Waals surface area contributed by atoms with Crippen molar-refractivity contribution in [2.75, 3.05) is 13.2 Å². The van der Waals surface area contributed by atoms with Gasteiger partial charge in [0.15, 0.2) is 0 Å². The Hall–Kier alpha value is -1.12. The van der Waals surface area contributed by atoms with Gasteiger partial charge in [0.1, 0.15) is 0 Å². The Kier molecular flexibility index (Phi) is 3.54. The molecule has 0 aromatic heterocycles. The van der Waals surface area contributed by atoms with Crippen molar-refractivity contribution < 1.29 is 5.11 Å². The molecular weight excluding hydrogens is 186 g/mol. The first kappa shape index (κ1) is 10.4. The van der Waals surface area contributed by atoms with Gasteiger partial charge in [-0.3, -0.25) is 0 Å². The van der Waals surface area contributed by atoms with Gasteiger partial charge in [0.2, 0.25) is 0 Å². The topological polar surface area (TPSA) is 32.3 Å². The van der Waals surface area contributed by atoms with E-state index in [9.17, 15) is 0 Å². The van der Waals surface area contributed by atoms with Gasteiger partial charge in [0.25, 0.3) is 0 Å². The minimum Gasteiger partial charge on any atom is -0.396 e. The zero-order chi connectivity index (χ0) is 10.5. The molecule has 0 unspecified atom stereocenters. The highest BCUT2D eigenvalue weighted by atomic mass is 16.2. The van der Waals surface area contributed by atoms with Crippen LogP contribution in [0.3, 0.4) is 0 Å². The van der Waals surface area contributed by atoms with Crippen LogP contribution in [0, 0.1) is 0 Å². The summed E-state index contributed by atoms with van der Waals surface area (Å²) in [5.74, 6) is 0. The largest absolute Gasteiger partial charge is 0.396 e. The summed E-state index contributed by atoms with van der Waals surface area (Å²) < 4.78 is 0. The molecule has 0 fully saturated rings. The molecule has 15 heavy (non-hydrogen) atoms. The van der Waals surface area contributed by atoms with Crippen molar-refractivity contribution in [1.29, 1.82) is 0 Å². The molecule has 1 aromatic carbocycles. The lowest BCUT2D eigenvalue weighted by molar-refractivity contribution is 0.303. The summed E-state index contributed by atoms with van der Waals surface area (Å²) in [7, 11) is 0. The van der Waals surface area contributed by atoms with Crippen molar-refractivity contribution in [3.05, 3.63) is 41.0 Å². The summed E-state index contributed by atoms with van der Waals surface area (Å²) in [6.45, 7) is 2.30. The molecule has 0 radical (unpaired) electrons. The molecular formula is C13H17NO. The predicted octanol–water partition coefficient (Wildman–Crippen LogP) is 1.73. The van der Waals surface area contributed by atoms with Crippen LogP contribution in [0.5, 0.6) is 0 Å². The quantitative estimate of drug-likeness (QED) is 0.784. The normalized spacial score (nSPS) is 15.5. The monoisotopic (exact) mass is 203 g/mol. The molecule has 1 aliphatic heterocycles. The van der Waals surface area contributed by atoms with Gasteiger partial charge in [0.05, 0.1) is 0 Å². The Morgan fingerprint density at radius 2 is 2.27 bits per heavy atom. The Balaban J connectivity index is 2.13. The van der Waals surface area contributed by atoms with Gasteiger partial charge < -0.3 is 10.4 Å². The van der Waals surface area contributed by atoms with E-state index in [4.69, 9.17) is 5.11 Å². The Labute approximate surface area is 90.6 Å². The van der Waals surface area contributed by atoms with Crippen molar-refractivity contribution in [2.24, 2.45) is 0 Å². The van der Waals surface area contributed by atoms with Crippen LogP contribution in [-0.2, 0) is 13.0 Å². The molecule has 2 rings (SSSR count). The SMILES string of the molecule is OCCC=Cc1ccc2c(c1)CNCC2. The standard InChI is InChI=1S/C13H17NO/c15-8-2-1-3-11-4-5-12-6-7-14-10-13(12)9-11/h1,3-5,9,14-15H,2,6-8,10H2. The number of aliphatic hydroxyl groups is 1. The summed E-state index contributed by atoms with van der Waals surface area (Å²) >= 11 is 0. The molecule has 2 nitrogen and oxygen atoms in total. The number of hydrogen-bond donors (Lipinski definition) is 2. The van der Waals surface area contributed by atoms with Crippen LogP contribution in [0.25, 0.3) is 6.08 Å². The first-order valence-electron chi connectivity index (χ1n) is 5.50. The molecule has 0 aliphatic carbocycles. The zero-order valence-corrected chi connectivity index (χ0v) is 8.87. The van der Waals surface area contributed by atoms with Crippen molar-refractivity contribution in [2.45, 2.75) is 19.4 Å². The predicted molar refractivity (Wildman–Crippen MR) is 62.6 cm³/mol. The molecule has 2 N–H and O–H groups in total. The third-order valence-electron chi connectivity index (χ3n) is 2.72. The summed E-state index contributed by atoms with van der Waals surface area (Å²) in [4.78, 5) is 0. The molecule has 0 bridgehead atoms. The molecule has 1 aromatic rings. The van der Waals surface area contributed by atoms with E-state index < -0.39 is 0 Å². The second-order valence-corrected chi connectivity index (χ2v) is 3.87. The number of hydrogen-bond acceptors (Lipinski definition) is 2. The van der Waals surface area contributed by atoms with Crippen molar-refractivity contribution in [3.8, 4) is 0 Å². The molecule has 1 heterocycles. The lowest BCUT2D eigenvalue weighted by atomic mass is 9.98. The maximum Gasteiger partial charge on any atom is 0.0465 e. The van der Waals surface area contributed by atoms with Crippen LogP contribution >= 0.6 is 0 Å². The van der Waals surface area contributed by atoms with E-state index >= 15 is 0 Å². The molecule has 2 heteroatoms. The van der Waals surface area contributed by atoms with E-state index in [0.29, 0.717) is 0 Å². The van der Waals surface area contributed by atoms with Gasteiger partial charge in [-0.25, -0.2) is 0 Å². The minimum atomic E-state index is 0.225. The van der Waals surface area contributed by atoms with Crippen LogP contribution in [-0.4, -0.2) is 18.3 Å². The number of benzene rings is 1. The summed E-state index contributed by atoms with van der Waals surface area (Å²) in [6, 6.07) is 6.60. The van der Waals surface area contributed by atoms with E-state index in [2.05, 4.69) is 29.6 Å². The van der Waals surface area contributed by atoms with Crippen molar-refractivity contribution in [3.63, 3.8) is 0 Å². The van der Waals surface area contributed by atoms with E-state index in [1.54, 1.807) is 0 Å². The first-order chi connectivity index (χ1) is 7.40. The molecule has 0 atom stereocenters. The van der Waals surface area contributed by atoms with E-state index in [-0.39, 0.29) is 6.61 Å². The van der Waals surface area contributed by atoms with Gasteiger partial charge in [-0.15, -0.1) is 0 Å². The Morgan fingerprint density at radius 3 is 3.13 bits per heavy atom. The summed E-state index contributed by atoms with van der Waals surface area (Å²) in [5, 5.41) is 12.0. The molecule has 0 saturated heterocycles. The third-order valence-corrected chi connectivity index (χ3v) is 2.72. The maximum absolute atomic E-state index is 8.68. The maximum atomic E-state index is 8.68.